The summed E-state index contributed by atoms with van der Waals surface area (Å²) < 4.78 is 0. The Balaban J connectivity index is 1.96. The fourth-order valence-corrected chi connectivity index (χ4v) is 1.84. The number of rotatable bonds is 4. The van der Waals surface area contributed by atoms with E-state index in [2.05, 4.69) is 10.6 Å². The summed E-state index contributed by atoms with van der Waals surface area (Å²) >= 11 is 0. The number of aliphatic hydroxyl groups is 1. The minimum atomic E-state index is -0.375. The van der Waals surface area contributed by atoms with Crippen LogP contribution in [0.15, 0.2) is 48.5 Å². The van der Waals surface area contributed by atoms with Crippen molar-refractivity contribution in [3.05, 3.63) is 59.7 Å². The molecule has 0 radical (unpaired) electrons. The average molecular weight is 281 g/mol. The van der Waals surface area contributed by atoms with Gasteiger partial charge < -0.3 is 15.7 Å². The van der Waals surface area contributed by atoms with Crippen LogP contribution in [0.1, 0.15) is 11.1 Å². The molecule has 0 fully saturated rings. The van der Waals surface area contributed by atoms with Crippen LogP contribution in [0.4, 0.5) is 16.2 Å². The molecule has 2 aromatic carbocycles. The van der Waals surface area contributed by atoms with Gasteiger partial charge in [0, 0.05) is 18.0 Å². The predicted molar refractivity (Wildman–Crippen MR) is 81.0 cm³/mol. The molecule has 2 aromatic rings. The molecule has 0 aliphatic rings. The Labute approximate surface area is 122 Å². The molecule has 5 heteroatoms. The highest BCUT2D eigenvalue weighted by Gasteiger charge is 2.03. The molecule has 0 aliphatic carbocycles. The SMILES string of the molecule is N#Cc1cccc(NC(=O)Nc2ccc(CCO)cc2)c1. The van der Waals surface area contributed by atoms with Crippen molar-refractivity contribution < 1.29 is 9.90 Å². The highest BCUT2D eigenvalue weighted by atomic mass is 16.3. The molecule has 5 nitrogen and oxygen atoms in total. The van der Waals surface area contributed by atoms with Gasteiger partial charge in [-0.1, -0.05) is 18.2 Å². The van der Waals surface area contributed by atoms with Gasteiger partial charge in [0.05, 0.1) is 11.6 Å². The minimum absolute atomic E-state index is 0.0997. The first-order valence-electron chi connectivity index (χ1n) is 6.49. The first-order chi connectivity index (χ1) is 10.2. The zero-order chi connectivity index (χ0) is 15.1. The van der Waals surface area contributed by atoms with Gasteiger partial charge in [-0.15, -0.1) is 0 Å². The van der Waals surface area contributed by atoms with Crippen molar-refractivity contribution in [2.75, 3.05) is 17.2 Å². The monoisotopic (exact) mass is 281 g/mol. The van der Waals surface area contributed by atoms with Crippen molar-refractivity contribution in [2.24, 2.45) is 0 Å². The molecule has 0 saturated carbocycles. The van der Waals surface area contributed by atoms with Crippen molar-refractivity contribution >= 4 is 17.4 Å². The largest absolute Gasteiger partial charge is 0.396 e. The molecule has 2 rings (SSSR count). The fourth-order valence-electron chi connectivity index (χ4n) is 1.84. The number of benzene rings is 2. The summed E-state index contributed by atoms with van der Waals surface area (Å²) in [6.45, 7) is 0.0997. The quantitative estimate of drug-likeness (QED) is 0.805. The normalized spacial score (nSPS) is 9.71. The van der Waals surface area contributed by atoms with Gasteiger partial charge >= 0.3 is 6.03 Å². The summed E-state index contributed by atoms with van der Waals surface area (Å²) in [6.07, 6.45) is 0.591. The lowest BCUT2D eigenvalue weighted by atomic mass is 10.1. The van der Waals surface area contributed by atoms with Crippen LogP contribution in [0, 0.1) is 11.3 Å². The standard InChI is InChI=1S/C16H15N3O2/c17-11-13-2-1-3-15(10-13)19-16(21)18-14-6-4-12(5-7-14)8-9-20/h1-7,10,20H,8-9H2,(H2,18,19,21). The van der Waals surface area contributed by atoms with E-state index in [0.29, 0.717) is 23.4 Å². The Morgan fingerprint density at radius 2 is 1.81 bits per heavy atom. The molecule has 0 bridgehead atoms. The van der Waals surface area contributed by atoms with Crippen LogP contribution < -0.4 is 10.6 Å². The van der Waals surface area contributed by atoms with Crippen molar-refractivity contribution in [1.82, 2.24) is 0 Å². The van der Waals surface area contributed by atoms with E-state index in [1.807, 2.05) is 18.2 Å². The van der Waals surface area contributed by atoms with Crippen LogP contribution in [0.5, 0.6) is 0 Å². The van der Waals surface area contributed by atoms with Crippen LogP contribution in [-0.4, -0.2) is 17.7 Å². The topological polar surface area (TPSA) is 85.2 Å². The first-order valence-corrected chi connectivity index (χ1v) is 6.49. The van der Waals surface area contributed by atoms with Gasteiger partial charge in [-0.2, -0.15) is 5.26 Å². The Bertz CT molecular complexity index is 660. The molecule has 0 heterocycles. The van der Waals surface area contributed by atoms with E-state index in [4.69, 9.17) is 10.4 Å². The van der Waals surface area contributed by atoms with E-state index in [0.717, 1.165) is 5.56 Å². The Kier molecular flexibility index (Phi) is 4.91. The van der Waals surface area contributed by atoms with E-state index in [1.54, 1.807) is 36.4 Å². The molecule has 0 spiro atoms. The van der Waals surface area contributed by atoms with Gasteiger partial charge in [0.25, 0.3) is 0 Å². The molecule has 0 aliphatic heterocycles. The van der Waals surface area contributed by atoms with Crippen LogP contribution in [0.2, 0.25) is 0 Å². The maximum atomic E-state index is 11.8. The Morgan fingerprint density at radius 1 is 1.10 bits per heavy atom. The molecule has 2 amide bonds. The molecule has 0 atom stereocenters. The van der Waals surface area contributed by atoms with E-state index in [9.17, 15) is 4.79 Å². The summed E-state index contributed by atoms with van der Waals surface area (Å²) in [7, 11) is 0. The van der Waals surface area contributed by atoms with Crippen LogP contribution in [0.25, 0.3) is 0 Å². The Hall–Kier alpha value is -2.84. The predicted octanol–water partition coefficient (Wildman–Crippen LogP) is 2.74. The number of hydrogen-bond donors (Lipinski definition) is 3. The van der Waals surface area contributed by atoms with Crippen LogP contribution in [-0.2, 0) is 6.42 Å². The number of carbonyl (C=O) groups is 1. The lowest BCUT2D eigenvalue weighted by Gasteiger charge is -2.08. The molecular formula is C16H15N3O2. The summed E-state index contributed by atoms with van der Waals surface area (Å²) in [5, 5.41) is 23.0. The fraction of sp³-hybridized carbons (Fsp3) is 0.125. The number of aliphatic hydroxyl groups excluding tert-OH is 1. The second-order valence-corrected chi connectivity index (χ2v) is 4.44. The molecule has 106 valence electrons. The van der Waals surface area contributed by atoms with Crippen LogP contribution in [0.3, 0.4) is 0 Å². The number of carbonyl (C=O) groups excluding carboxylic acids is 1. The van der Waals surface area contributed by atoms with Gasteiger partial charge in [0.2, 0.25) is 0 Å². The third-order valence-electron chi connectivity index (χ3n) is 2.86. The van der Waals surface area contributed by atoms with Crippen molar-refractivity contribution in [3.63, 3.8) is 0 Å². The highest BCUT2D eigenvalue weighted by Crippen LogP contribution is 2.12. The summed E-state index contributed by atoms with van der Waals surface area (Å²) in [5.74, 6) is 0. The van der Waals surface area contributed by atoms with Gasteiger partial charge in [-0.05, 0) is 42.3 Å². The molecule has 3 N–H and O–H groups in total. The number of amides is 2. The first kappa shape index (κ1) is 14.6. The van der Waals surface area contributed by atoms with E-state index < -0.39 is 0 Å². The third-order valence-corrected chi connectivity index (χ3v) is 2.86. The minimum Gasteiger partial charge on any atom is -0.396 e. The van der Waals surface area contributed by atoms with Crippen molar-refractivity contribution in [2.45, 2.75) is 6.42 Å². The van der Waals surface area contributed by atoms with Crippen molar-refractivity contribution in [3.8, 4) is 6.07 Å². The lowest BCUT2D eigenvalue weighted by Crippen LogP contribution is -2.19. The third kappa shape index (κ3) is 4.34. The van der Waals surface area contributed by atoms with E-state index in [-0.39, 0.29) is 12.6 Å². The number of hydrogen-bond acceptors (Lipinski definition) is 3. The Morgan fingerprint density at radius 3 is 2.48 bits per heavy atom. The molecule has 21 heavy (non-hydrogen) atoms. The van der Waals surface area contributed by atoms with Gasteiger partial charge in [0.15, 0.2) is 0 Å². The number of nitrogens with one attached hydrogen (secondary N) is 2. The number of nitrogens with zero attached hydrogens (tertiary/aromatic N) is 1. The number of anilines is 2. The van der Waals surface area contributed by atoms with E-state index in [1.165, 1.54) is 0 Å². The second-order valence-electron chi connectivity index (χ2n) is 4.44. The summed E-state index contributed by atoms with van der Waals surface area (Å²) in [5.41, 5.74) is 2.71. The lowest BCUT2D eigenvalue weighted by molar-refractivity contribution is 0.262. The zero-order valence-electron chi connectivity index (χ0n) is 11.3. The molecule has 0 unspecified atom stereocenters. The molecule has 0 saturated heterocycles. The highest BCUT2D eigenvalue weighted by molar-refractivity contribution is 5.99. The summed E-state index contributed by atoms with van der Waals surface area (Å²) in [6, 6.07) is 15.6. The van der Waals surface area contributed by atoms with Gasteiger partial charge in [-0.25, -0.2) is 4.79 Å². The van der Waals surface area contributed by atoms with Crippen molar-refractivity contribution in [1.29, 1.82) is 5.26 Å². The maximum Gasteiger partial charge on any atom is 0.323 e. The molecule has 0 aromatic heterocycles. The second kappa shape index (κ2) is 7.08. The van der Waals surface area contributed by atoms with Crippen LogP contribution >= 0.6 is 0 Å². The van der Waals surface area contributed by atoms with Gasteiger partial charge in [0.1, 0.15) is 0 Å². The summed E-state index contributed by atoms with van der Waals surface area (Å²) in [4.78, 5) is 11.8. The number of nitriles is 1. The average Bonchev–Trinajstić information content (AvgIpc) is 2.49. The smallest absolute Gasteiger partial charge is 0.323 e. The zero-order valence-corrected chi connectivity index (χ0v) is 11.3. The molecular weight excluding hydrogens is 266 g/mol. The van der Waals surface area contributed by atoms with E-state index >= 15 is 0 Å². The number of urea groups is 1. The van der Waals surface area contributed by atoms with Gasteiger partial charge in [-0.3, -0.25) is 0 Å². The maximum absolute atomic E-state index is 11.8.